The fraction of sp³-hybridized carbons (Fsp3) is 0.133. The second-order valence-corrected chi connectivity index (χ2v) is 17.2. The summed E-state index contributed by atoms with van der Waals surface area (Å²) in [5.74, 6) is -0.506. The van der Waals surface area contributed by atoms with Gasteiger partial charge in [0, 0.05) is 5.56 Å². The number of Topliss-reactive ketones (excluding diaryl/α,β-unsaturated/α-hetero) is 1. The molecule has 0 saturated carbocycles. The molecule has 0 N–H and O–H groups in total. The predicted molar refractivity (Wildman–Crippen MR) is 114 cm³/mol. The van der Waals surface area contributed by atoms with Crippen molar-refractivity contribution in [3.05, 3.63) is 66.2 Å². The molecular weight excluding hydrogens is 606 g/mol. The average Bonchev–Trinajstić information content (AvgIpc) is 2.54. The second kappa shape index (κ2) is 9.53. The van der Waals surface area contributed by atoms with Gasteiger partial charge >= 0.3 is 0 Å². The van der Waals surface area contributed by atoms with Gasteiger partial charge in [0.1, 0.15) is 0 Å². The molecular formula is C15H10Br3Cl3O3S. The number of sulfone groups is 1. The van der Waals surface area contributed by atoms with E-state index in [9.17, 15) is 13.2 Å². The standard InChI is InChI=1S/C8H5Cl3O.C7H5Br3O2S/c9-8(10,11)7(12)6-4-2-1-3-5-6;8-7(9,10)13(11,12)6-4-2-1-3-5-6/h1-5H;1-5H. The van der Waals surface area contributed by atoms with Crippen molar-refractivity contribution in [1.82, 2.24) is 0 Å². The normalized spacial score (nSPS) is 12.1. The van der Waals surface area contributed by atoms with Crippen molar-refractivity contribution in [3.63, 3.8) is 0 Å². The summed E-state index contributed by atoms with van der Waals surface area (Å²) in [7, 11) is -3.43. The van der Waals surface area contributed by atoms with Gasteiger partial charge in [0.2, 0.25) is 17.1 Å². The van der Waals surface area contributed by atoms with Crippen molar-refractivity contribution < 1.29 is 13.2 Å². The third kappa shape index (κ3) is 7.13. The van der Waals surface area contributed by atoms with Crippen molar-refractivity contribution in [3.8, 4) is 0 Å². The van der Waals surface area contributed by atoms with Crippen molar-refractivity contribution in [2.75, 3.05) is 0 Å². The molecule has 0 radical (unpaired) electrons. The highest BCUT2D eigenvalue weighted by molar-refractivity contribution is 9.42. The van der Waals surface area contributed by atoms with Crippen molar-refractivity contribution >= 4 is 98.2 Å². The third-order valence-corrected chi connectivity index (χ3v) is 8.50. The van der Waals surface area contributed by atoms with Gasteiger partial charge in [-0.05, 0) is 59.9 Å². The molecule has 2 aromatic rings. The Kier molecular flexibility index (Phi) is 8.92. The van der Waals surface area contributed by atoms with Crippen molar-refractivity contribution in [2.45, 2.75) is 10.2 Å². The van der Waals surface area contributed by atoms with E-state index in [0.717, 1.165) is 0 Å². The number of hydrogen-bond acceptors (Lipinski definition) is 3. The number of alkyl halides is 6. The van der Waals surface area contributed by atoms with Crippen LogP contribution in [0.3, 0.4) is 0 Å². The molecule has 0 aliphatic rings. The summed E-state index contributed by atoms with van der Waals surface area (Å²) < 4.78 is 20.3. The van der Waals surface area contributed by atoms with Crippen LogP contribution in [-0.2, 0) is 9.84 Å². The van der Waals surface area contributed by atoms with Crippen LogP contribution >= 0.6 is 82.6 Å². The lowest BCUT2D eigenvalue weighted by atomic mass is 10.1. The van der Waals surface area contributed by atoms with Crippen molar-refractivity contribution in [1.29, 1.82) is 0 Å². The summed E-state index contributed by atoms with van der Waals surface area (Å²) in [6, 6.07) is 16.6. The van der Waals surface area contributed by atoms with Gasteiger partial charge in [-0.2, -0.15) is 0 Å². The molecule has 0 saturated heterocycles. The van der Waals surface area contributed by atoms with Crippen LogP contribution in [0.4, 0.5) is 0 Å². The fourth-order valence-electron chi connectivity index (χ4n) is 1.49. The molecule has 0 aromatic heterocycles. The molecule has 25 heavy (non-hydrogen) atoms. The lowest BCUT2D eigenvalue weighted by molar-refractivity contribution is 0.0996. The Morgan fingerprint density at radius 3 is 1.56 bits per heavy atom. The number of benzene rings is 2. The Bertz CT molecular complexity index is 803. The number of halogens is 6. The fourth-order valence-corrected chi connectivity index (χ4v) is 4.28. The van der Waals surface area contributed by atoms with E-state index in [2.05, 4.69) is 47.8 Å². The Morgan fingerprint density at radius 1 is 0.800 bits per heavy atom. The van der Waals surface area contributed by atoms with Crippen LogP contribution in [0.25, 0.3) is 0 Å². The lowest BCUT2D eigenvalue weighted by Gasteiger charge is -2.12. The van der Waals surface area contributed by atoms with Crippen LogP contribution in [0, 0.1) is 0 Å². The van der Waals surface area contributed by atoms with E-state index < -0.39 is 20.9 Å². The minimum Gasteiger partial charge on any atom is -0.289 e. The van der Waals surface area contributed by atoms with E-state index in [-0.39, 0.29) is 4.90 Å². The van der Waals surface area contributed by atoms with Gasteiger partial charge in [-0.15, -0.1) is 0 Å². The summed E-state index contributed by atoms with van der Waals surface area (Å²) in [5, 5.41) is 0. The van der Waals surface area contributed by atoms with Crippen LogP contribution in [0.5, 0.6) is 0 Å². The van der Waals surface area contributed by atoms with Gasteiger partial charge in [-0.25, -0.2) is 8.42 Å². The molecule has 2 rings (SSSR count). The highest BCUT2D eigenvalue weighted by Gasteiger charge is 2.37. The number of hydrogen-bond donors (Lipinski definition) is 0. The Hall–Kier alpha value is 0.370. The highest BCUT2D eigenvalue weighted by atomic mass is 80.0. The van der Waals surface area contributed by atoms with Crippen LogP contribution in [0.1, 0.15) is 10.4 Å². The summed E-state index contributed by atoms with van der Waals surface area (Å²) in [5.41, 5.74) is 0.400. The predicted octanol–water partition coefficient (Wildman–Crippen LogP) is 6.50. The van der Waals surface area contributed by atoms with E-state index >= 15 is 0 Å². The zero-order chi connectivity index (χ0) is 19.3. The first-order chi connectivity index (χ1) is 11.4. The zero-order valence-corrected chi connectivity index (χ0v) is 20.0. The van der Waals surface area contributed by atoms with E-state index in [4.69, 9.17) is 34.8 Å². The first-order valence-electron chi connectivity index (χ1n) is 6.40. The number of ketones is 1. The molecule has 2 aromatic carbocycles. The lowest BCUT2D eigenvalue weighted by Crippen LogP contribution is -2.18. The zero-order valence-electron chi connectivity index (χ0n) is 12.2. The maximum atomic E-state index is 11.7. The maximum absolute atomic E-state index is 11.7. The van der Waals surface area contributed by atoms with E-state index in [1.165, 1.54) is 12.1 Å². The molecule has 0 heterocycles. The Balaban J connectivity index is 0.000000251. The molecule has 0 aliphatic heterocycles. The molecule has 3 nitrogen and oxygen atoms in total. The van der Waals surface area contributed by atoms with Crippen LogP contribution < -0.4 is 0 Å². The molecule has 0 fully saturated rings. The molecule has 0 atom stereocenters. The van der Waals surface area contributed by atoms with E-state index in [0.29, 0.717) is 5.56 Å². The van der Waals surface area contributed by atoms with Gasteiger partial charge in [-0.1, -0.05) is 83.3 Å². The Labute approximate surface area is 186 Å². The molecule has 10 heteroatoms. The molecule has 0 unspecified atom stereocenters. The van der Waals surface area contributed by atoms with Gasteiger partial charge in [0.15, 0.2) is 0 Å². The number of carbonyl (C=O) groups is 1. The first kappa shape index (κ1) is 23.4. The summed E-state index contributed by atoms with van der Waals surface area (Å²) in [4.78, 5) is 11.5. The van der Waals surface area contributed by atoms with Crippen LogP contribution in [-0.4, -0.2) is 19.5 Å². The van der Waals surface area contributed by atoms with Crippen LogP contribution in [0.2, 0.25) is 0 Å². The van der Waals surface area contributed by atoms with Crippen molar-refractivity contribution in [2.24, 2.45) is 0 Å². The third-order valence-electron chi connectivity index (χ3n) is 2.65. The van der Waals surface area contributed by atoms with E-state index in [1.807, 2.05) is 0 Å². The smallest absolute Gasteiger partial charge is 0.253 e. The SMILES string of the molecule is O=C(c1ccccc1)C(Cl)(Cl)Cl.O=S(=O)(c1ccccc1)C(Br)(Br)Br. The molecule has 0 bridgehead atoms. The van der Waals surface area contributed by atoms with Gasteiger partial charge in [-0.3, -0.25) is 4.79 Å². The monoisotopic (exact) mass is 612 g/mol. The number of carbonyl (C=O) groups excluding carboxylic acids is 1. The maximum Gasteiger partial charge on any atom is 0.253 e. The summed E-state index contributed by atoms with van der Waals surface area (Å²) in [6.45, 7) is 0. The Morgan fingerprint density at radius 2 is 1.20 bits per heavy atom. The number of rotatable bonds is 2. The van der Waals surface area contributed by atoms with Gasteiger partial charge in [0.25, 0.3) is 3.79 Å². The second-order valence-electron chi connectivity index (χ2n) is 4.46. The quantitative estimate of drug-likeness (QED) is 0.286. The summed E-state index contributed by atoms with van der Waals surface area (Å²) >= 11 is 25.1. The van der Waals surface area contributed by atoms with E-state index in [1.54, 1.807) is 48.5 Å². The average molecular weight is 616 g/mol. The highest BCUT2D eigenvalue weighted by Crippen LogP contribution is 2.42. The summed E-state index contributed by atoms with van der Waals surface area (Å²) in [6.07, 6.45) is 0. The topological polar surface area (TPSA) is 51.2 Å². The van der Waals surface area contributed by atoms with Gasteiger partial charge < -0.3 is 0 Å². The van der Waals surface area contributed by atoms with Gasteiger partial charge in [0.05, 0.1) is 4.90 Å². The molecule has 136 valence electrons. The minimum atomic E-state index is -3.43. The first-order valence-corrected chi connectivity index (χ1v) is 11.4. The van der Waals surface area contributed by atoms with Crippen LogP contribution in [0.15, 0.2) is 65.6 Å². The molecule has 0 spiro atoms. The molecule has 0 aliphatic carbocycles. The largest absolute Gasteiger partial charge is 0.289 e. The minimum absolute atomic E-state index is 0.251. The molecule has 0 amide bonds.